The molecule has 0 amide bonds. The number of rotatable bonds is 7. The van der Waals surface area contributed by atoms with Gasteiger partial charge in [-0.3, -0.25) is 4.99 Å². The molecule has 130 valence electrons. The molecule has 0 radical (unpaired) electrons. The average Bonchev–Trinajstić information content (AvgIpc) is 2.98. The first-order valence-electron chi connectivity index (χ1n) is 7.80. The molecule has 0 saturated carbocycles. The summed E-state index contributed by atoms with van der Waals surface area (Å²) in [6, 6.07) is 6.02. The molecule has 0 atom stereocenters. The van der Waals surface area contributed by atoms with Gasteiger partial charge in [0.2, 0.25) is 0 Å². The predicted octanol–water partition coefficient (Wildman–Crippen LogP) is 2.72. The predicted molar refractivity (Wildman–Crippen MR) is 96.4 cm³/mol. The van der Waals surface area contributed by atoms with E-state index in [2.05, 4.69) is 22.2 Å². The van der Waals surface area contributed by atoms with E-state index in [1.54, 1.807) is 30.5 Å². The second kappa shape index (κ2) is 9.22. The van der Waals surface area contributed by atoms with Crippen molar-refractivity contribution in [2.24, 2.45) is 4.99 Å². The van der Waals surface area contributed by atoms with Crippen molar-refractivity contribution in [1.82, 2.24) is 15.2 Å². The van der Waals surface area contributed by atoms with Crippen LogP contribution in [0.25, 0.3) is 0 Å². The fourth-order valence-electron chi connectivity index (χ4n) is 2.12. The number of halogens is 1. The van der Waals surface area contributed by atoms with Crippen LogP contribution in [0.3, 0.4) is 0 Å². The topological polar surface area (TPSA) is 49.8 Å². The van der Waals surface area contributed by atoms with Gasteiger partial charge in [0.25, 0.3) is 0 Å². The molecule has 1 heterocycles. The maximum absolute atomic E-state index is 12.8. The Morgan fingerprint density at radius 1 is 1.38 bits per heavy atom. The SMILES string of the molecule is CN=C(NCCc1ncc(C)s1)N(C)CCOc1ccc(F)cc1. The molecule has 0 spiro atoms. The zero-order chi connectivity index (χ0) is 17.4. The van der Waals surface area contributed by atoms with Crippen molar-refractivity contribution >= 4 is 17.3 Å². The molecule has 0 unspecified atom stereocenters. The molecule has 0 saturated heterocycles. The van der Waals surface area contributed by atoms with Crippen molar-refractivity contribution in [2.75, 3.05) is 33.8 Å². The van der Waals surface area contributed by atoms with Gasteiger partial charge in [0.15, 0.2) is 5.96 Å². The molecule has 7 heteroatoms. The van der Waals surface area contributed by atoms with Crippen LogP contribution < -0.4 is 10.1 Å². The van der Waals surface area contributed by atoms with E-state index in [1.807, 2.05) is 18.1 Å². The van der Waals surface area contributed by atoms with Gasteiger partial charge in [0, 0.05) is 38.1 Å². The second-order valence-corrected chi connectivity index (χ2v) is 6.63. The highest BCUT2D eigenvalue weighted by molar-refractivity contribution is 7.11. The third-order valence-corrected chi connectivity index (χ3v) is 4.35. The number of hydrogen-bond acceptors (Lipinski definition) is 4. The van der Waals surface area contributed by atoms with Gasteiger partial charge in [0.1, 0.15) is 18.2 Å². The van der Waals surface area contributed by atoms with Gasteiger partial charge in [0.05, 0.1) is 11.6 Å². The molecular formula is C17H23FN4OS. The molecule has 24 heavy (non-hydrogen) atoms. The van der Waals surface area contributed by atoms with Crippen LogP contribution in [0.5, 0.6) is 5.75 Å². The largest absolute Gasteiger partial charge is 0.492 e. The average molecular weight is 350 g/mol. The lowest BCUT2D eigenvalue weighted by atomic mass is 10.3. The quantitative estimate of drug-likeness (QED) is 0.616. The van der Waals surface area contributed by atoms with Crippen molar-refractivity contribution in [1.29, 1.82) is 0 Å². The number of nitrogens with zero attached hydrogens (tertiary/aromatic N) is 3. The number of aromatic nitrogens is 1. The van der Waals surface area contributed by atoms with E-state index in [4.69, 9.17) is 4.74 Å². The lowest BCUT2D eigenvalue weighted by Crippen LogP contribution is -2.41. The Balaban J connectivity index is 1.70. The number of nitrogens with one attached hydrogen (secondary N) is 1. The van der Waals surface area contributed by atoms with Crippen LogP contribution >= 0.6 is 11.3 Å². The van der Waals surface area contributed by atoms with Crippen LogP contribution in [0, 0.1) is 12.7 Å². The first-order valence-corrected chi connectivity index (χ1v) is 8.61. The maximum atomic E-state index is 12.8. The minimum atomic E-state index is -0.264. The standard InChI is InChI=1S/C17H23FN4OS/c1-13-12-21-16(24-13)8-9-20-17(19-2)22(3)10-11-23-15-6-4-14(18)5-7-15/h4-7,12H,8-11H2,1-3H3,(H,19,20). The zero-order valence-electron chi connectivity index (χ0n) is 14.3. The van der Waals surface area contributed by atoms with Crippen LogP contribution in [0.1, 0.15) is 9.88 Å². The van der Waals surface area contributed by atoms with Gasteiger partial charge >= 0.3 is 0 Å². The third kappa shape index (κ3) is 5.81. The molecule has 1 aromatic heterocycles. The normalized spacial score (nSPS) is 11.4. The summed E-state index contributed by atoms with van der Waals surface area (Å²) in [7, 11) is 3.71. The monoisotopic (exact) mass is 350 g/mol. The molecule has 0 aliphatic heterocycles. The summed E-state index contributed by atoms with van der Waals surface area (Å²) < 4.78 is 18.4. The summed E-state index contributed by atoms with van der Waals surface area (Å²) in [6.45, 7) is 4.01. The molecule has 0 aliphatic rings. The Hall–Kier alpha value is -2.15. The molecule has 0 aliphatic carbocycles. The number of aryl methyl sites for hydroxylation is 1. The molecule has 0 bridgehead atoms. The number of benzene rings is 1. The number of hydrogen-bond donors (Lipinski definition) is 1. The van der Waals surface area contributed by atoms with Crippen molar-refractivity contribution in [2.45, 2.75) is 13.3 Å². The summed E-state index contributed by atoms with van der Waals surface area (Å²) in [5, 5.41) is 4.44. The Morgan fingerprint density at radius 2 is 2.12 bits per heavy atom. The Morgan fingerprint density at radius 3 is 2.75 bits per heavy atom. The third-order valence-electron chi connectivity index (χ3n) is 3.37. The highest BCUT2D eigenvalue weighted by atomic mass is 32.1. The fourth-order valence-corrected chi connectivity index (χ4v) is 2.91. The van der Waals surface area contributed by atoms with E-state index in [0.29, 0.717) is 18.9 Å². The minimum absolute atomic E-state index is 0.264. The van der Waals surface area contributed by atoms with Crippen LogP contribution in [0.15, 0.2) is 35.5 Å². The summed E-state index contributed by atoms with van der Waals surface area (Å²) in [6.07, 6.45) is 2.77. The number of aliphatic imine (C=N–C) groups is 1. The van der Waals surface area contributed by atoms with Crippen LogP contribution in [0.4, 0.5) is 4.39 Å². The van der Waals surface area contributed by atoms with Crippen molar-refractivity contribution in [3.63, 3.8) is 0 Å². The second-order valence-electron chi connectivity index (χ2n) is 5.31. The highest BCUT2D eigenvalue weighted by Crippen LogP contribution is 2.11. The number of likely N-dealkylation sites (N-methyl/N-ethyl adjacent to an activating group) is 1. The Labute approximate surface area is 146 Å². The van der Waals surface area contributed by atoms with E-state index >= 15 is 0 Å². The first kappa shape index (κ1) is 18.2. The molecular weight excluding hydrogens is 327 g/mol. The van der Waals surface area contributed by atoms with E-state index in [9.17, 15) is 4.39 Å². The van der Waals surface area contributed by atoms with E-state index in [0.717, 1.165) is 23.9 Å². The number of ether oxygens (including phenoxy) is 1. The van der Waals surface area contributed by atoms with Gasteiger partial charge < -0.3 is 15.0 Å². The molecule has 1 aromatic carbocycles. The fraction of sp³-hybridized carbons (Fsp3) is 0.412. The molecule has 1 N–H and O–H groups in total. The van der Waals surface area contributed by atoms with E-state index < -0.39 is 0 Å². The van der Waals surface area contributed by atoms with Crippen LogP contribution in [0.2, 0.25) is 0 Å². The van der Waals surface area contributed by atoms with Gasteiger partial charge in [-0.05, 0) is 31.2 Å². The van der Waals surface area contributed by atoms with Crippen molar-refractivity contribution in [3.8, 4) is 5.75 Å². The van der Waals surface area contributed by atoms with Crippen molar-refractivity contribution < 1.29 is 9.13 Å². The lowest BCUT2D eigenvalue weighted by molar-refractivity contribution is 0.281. The zero-order valence-corrected chi connectivity index (χ0v) is 15.1. The summed E-state index contributed by atoms with van der Waals surface area (Å²) in [4.78, 5) is 11.8. The maximum Gasteiger partial charge on any atom is 0.193 e. The van der Waals surface area contributed by atoms with Crippen LogP contribution in [-0.4, -0.2) is 49.6 Å². The number of thiazole rings is 1. The lowest BCUT2D eigenvalue weighted by Gasteiger charge is -2.22. The van der Waals surface area contributed by atoms with Gasteiger partial charge in [-0.1, -0.05) is 0 Å². The molecule has 5 nitrogen and oxygen atoms in total. The Bertz CT molecular complexity index is 657. The van der Waals surface area contributed by atoms with Gasteiger partial charge in [-0.15, -0.1) is 11.3 Å². The molecule has 0 fully saturated rings. The molecule has 2 rings (SSSR count). The Kier molecular flexibility index (Phi) is 6.99. The molecule has 2 aromatic rings. The van der Waals surface area contributed by atoms with Crippen LogP contribution in [-0.2, 0) is 6.42 Å². The van der Waals surface area contributed by atoms with E-state index in [-0.39, 0.29) is 5.82 Å². The summed E-state index contributed by atoms with van der Waals surface area (Å²) in [5.41, 5.74) is 0. The van der Waals surface area contributed by atoms with Gasteiger partial charge in [-0.25, -0.2) is 9.37 Å². The number of guanidine groups is 1. The smallest absolute Gasteiger partial charge is 0.193 e. The minimum Gasteiger partial charge on any atom is -0.492 e. The van der Waals surface area contributed by atoms with Gasteiger partial charge in [-0.2, -0.15) is 0 Å². The summed E-state index contributed by atoms with van der Waals surface area (Å²) >= 11 is 1.72. The van der Waals surface area contributed by atoms with Crippen molar-refractivity contribution in [3.05, 3.63) is 46.2 Å². The van der Waals surface area contributed by atoms with E-state index in [1.165, 1.54) is 17.0 Å². The summed E-state index contributed by atoms with van der Waals surface area (Å²) in [5.74, 6) is 1.21. The first-order chi connectivity index (χ1) is 11.6. The highest BCUT2D eigenvalue weighted by Gasteiger charge is 2.06.